The molecular formula is C25H22ClNO6. The molecule has 7 nitrogen and oxygen atoms in total. The van der Waals surface area contributed by atoms with Gasteiger partial charge in [0.25, 0.3) is 11.7 Å². The van der Waals surface area contributed by atoms with Gasteiger partial charge in [-0.2, -0.15) is 0 Å². The summed E-state index contributed by atoms with van der Waals surface area (Å²) in [4.78, 5) is 27.7. The molecule has 1 saturated heterocycles. The molecule has 0 spiro atoms. The second-order valence-electron chi connectivity index (χ2n) is 7.61. The van der Waals surface area contributed by atoms with E-state index >= 15 is 0 Å². The Morgan fingerprint density at radius 3 is 2.48 bits per heavy atom. The Labute approximate surface area is 195 Å². The Morgan fingerprint density at radius 1 is 1.09 bits per heavy atom. The van der Waals surface area contributed by atoms with Crippen LogP contribution in [0.25, 0.3) is 5.76 Å². The predicted molar refractivity (Wildman–Crippen MR) is 122 cm³/mol. The monoisotopic (exact) mass is 467 g/mol. The van der Waals surface area contributed by atoms with E-state index in [4.69, 9.17) is 25.5 Å². The van der Waals surface area contributed by atoms with Crippen LogP contribution < -0.4 is 9.47 Å². The van der Waals surface area contributed by atoms with Crippen LogP contribution in [0.3, 0.4) is 0 Å². The van der Waals surface area contributed by atoms with E-state index in [1.807, 2.05) is 31.2 Å². The van der Waals surface area contributed by atoms with Gasteiger partial charge in [0.1, 0.15) is 23.0 Å². The predicted octanol–water partition coefficient (Wildman–Crippen LogP) is 4.88. The van der Waals surface area contributed by atoms with Crippen molar-refractivity contribution in [2.24, 2.45) is 0 Å². The molecule has 1 amide bonds. The van der Waals surface area contributed by atoms with Gasteiger partial charge in [-0.15, -0.1) is 0 Å². The topological polar surface area (TPSA) is 89.2 Å². The first-order valence-corrected chi connectivity index (χ1v) is 10.5. The maximum atomic E-state index is 13.2. The molecule has 4 rings (SSSR count). The van der Waals surface area contributed by atoms with Crippen molar-refractivity contribution in [3.63, 3.8) is 0 Å². The van der Waals surface area contributed by atoms with E-state index in [1.165, 1.54) is 37.5 Å². The van der Waals surface area contributed by atoms with E-state index in [-0.39, 0.29) is 34.2 Å². The number of methoxy groups -OCH3 is 2. The van der Waals surface area contributed by atoms with Crippen LogP contribution in [0.1, 0.15) is 28.5 Å². The lowest BCUT2D eigenvalue weighted by Crippen LogP contribution is -2.29. The SMILES string of the molecule is COc1cc(OC)c(/C(O)=C2\C(=O)C(=O)N(Cc3ccco3)C2c2cccc(C)c2)cc1Cl. The number of rotatable bonds is 6. The van der Waals surface area contributed by atoms with Crippen molar-refractivity contribution < 1.29 is 28.6 Å². The van der Waals surface area contributed by atoms with Crippen LogP contribution in [0.4, 0.5) is 0 Å². The Balaban J connectivity index is 1.93. The van der Waals surface area contributed by atoms with Gasteiger partial charge in [-0.05, 0) is 30.7 Å². The molecule has 3 aromatic rings. The summed E-state index contributed by atoms with van der Waals surface area (Å²) < 4.78 is 16.0. The Morgan fingerprint density at radius 2 is 1.85 bits per heavy atom. The molecule has 33 heavy (non-hydrogen) atoms. The number of carbonyl (C=O) groups is 2. The molecular weight excluding hydrogens is 446 g/mol. The molecule has 8 heteroatoms. The van der Waals surface area contributed by atoms with Crippen LogP contribution >= 0.6 is 11.6 Å². The highest BCUT2D eigenvalue weighted by atomic mass is 35.5. The van der Waals surface area contributed by atoms with Gasteiger partial charge in [0.05, 0.1) is 49.2 Å². The highest BCUT2D eigenvalue weighted by molar-refractivity contribution is 6.46. The summed E-state index contributed by atoms with van der Waals surface area (Å²) >= 11 is 6.28. The van der Waals surface area contributed by atoms with Crippen LogP contribution in [-0.4, -0.2) is 35.9 Å². The number of ether oxygens (including phenoxy) is 2. The standard InChI is InChI=1S/C25H22ClNO6/c1-14-6-4-7-15(10-14)22-21(24(29)25(30)27(22)13-16-8-5-9-33-16)23(28)17-11-18(26)20(32-3)12-19(17)31-2/h4-12,22,28H,13H2,1-3H3/b23-21+. The van der Waals surface area contributed by atoms with Gasteiger partial charge in [-0.1, -0.05) is 41.4 Å². The third-order valence-electron chi connectivity index (χ3n) is 5.53. The van der Waals surface area contributed by atoms with Crippen molar-refractivity contribution in [3.05, 3.63) is 87.8 Å². The number of likely N-dealkylation sites (tertiary alicyclic amines) is 1. The number of nitrogens with zero attached hydrogens (tertiary/aromatic N) is 1. The van der Waals surface area contributed by atoms with Crippen molar-refractivity contribution in [2.75, 3.05) is 14.2 Å². The zero-order valence-electron chi connectivity index (χ0n) is 18.3. The van der Waals surface area contributed by atoms with E-state index in [2.05, 4.69) is 0 Å². The van der Waals surface area contributed by atoms with Crippen LogP contribution in [0, 0.1) is 6.92 Å². The molecule has 0 radical (unpaired) electrons. The molecule has 1 N–H and O–H groups in total. The maximum Gasteiger partial charge on any atom is 0.296 e. The largest absolute Gasteiger partial charge is 0.507 e. The minimum atomic E-state index is -0.833. The van der Waals surface area contributed by atoms with E-state index < -0.39 is 17.7 Å². The normalized spacial score (nSPS) is 17.5. The summed E-state index contributed by atoms with van der Waals surface area (Å²) in [5.41, 5.74) is 1.75. The summed E-state index contributed by atoms with van der Waals surface area (Å²) in [6, 6.07) is 13.0. The summed E-state index contributed by atoms with van der Waals surface area (Å²) in [7, 11) is 2.88. The molecule has 1 aliphatic rings. The zero-order valence-corrected chi connectivity index (χ0v) is 19.1. The third-order valence-corrected chi connectivity index (χ3v) is 5.83. The van der Waals surface area contributed by atoms with E-state index in [1.54, 1.807) is 12.1 Å². The second-order valence-corrected chi connectivity index (χ2v) is 8.01. The van der Waals surface area contributed by atoms with Crippen molar-refractivity contribution in [3.8, 4) is 11.5 Å². The number of aliphatic hydroxyl groups excluding tert-OH is 1. The molecule has 2 aromatic carbocycles. The van der Waals surface area contributed by atoms with E-state index in [0.717, 1.165) is 5.56 Å². The molecule has 1 aromatic heterocycles. The fraction of sp³-hybridized carbons (Fsp3) is 0.200. The van der Waals surface area contributed by atoms with Crippen LogP contribution in [0.15, 0.2) is 64.8 Å². The first-order chi connectivity index (χ1) is 15.8. The molecule has 1 fully saturated rings. The molecule has 2 heterocycles. The van der Waals surface area contributed by atoms with Gasteiger partial charge >= 0.3 is 0 Å². The summed E-state index contributed by atoms with van der Waals surface area (Å²) in [6.07, 6.45) is 1.50. The fourth-order valence-corrected chi connectivity index (χ4v) is 4.23. The number of Topliss-reactive ketones (excluding diaryl/α,β-unsaturated/α-hetero) is 1. The van der Waals surface area contributed by atoms with E-state index in [0.29, 0.717) is 17.1 Å². The van der Waals surface area contributed by atoms with E-state index in [9.17, 15) is 14.7 Å². The summed E-state index contributed by atoms with van der Waals surface area (Å²) in [6.45, 7) is 1.97. The molecule has 1 unspecified atom stereocenters. The van der Waals surface area contributed by atoms with Crippen LogP contribution in [0.5, 0.6) is 11.5 Å². The number of aryl methyl sites for hydroxylation is 1. The van der Waals surface area contributed by atoms with Crippen molar-refractivity contribution >= 4 is 29.1 Å². The minimum Gasteiger partial charge on any atom is -0.507 e. The molecule has 1 atom stereocenters. The average molecular weight is 468 g/mol. The minimum absolute atomic E-state index is 0.0586. The maximum absolute atomic E-state index is 13.2. The highest BCUT2D eigenvalue weighted by Crippen LogP contribution is 2.43. The lowest BCUT2D eigenvalue weighted by Gasteiger charge is -2.25. The van der Waals surface area contributed by atoms with Gasteiger partial charge < -0.3 is 23.9 Å². The number of carbonyl (C=O) groups excluding carboxylic acids is 2. The lowest BCUT2D eigenvalue weighted by atomic mass is 9.94. The first kappa shape index (κ1) is 22.5. The molecule has 0 saturated carbocycles. The van der Waals surface area contributed by atoms with Crippen LogP contribution in [-0.2, 0) is 16.1 Å². The lowest BCUT2D eigenvalue weighted by molar-refractivity contribution is -0.140. The van der Waals surface area contributed by atoms with Gasteiger partial charge in [0.15, 0.2) is 0 Å². The number of halogens is 1. The fourth-order valence-electron chi connectivity index (χ4n) is 3.99. The van der Waals surface area contributed by atoms with Crippen LogP contribution in [0.2, 0.25) is 5.02 Å². The zero-order chi connectivity index (χ0) is 23.7. The third kappa shape index (κ3) is 4.07. The second kappa shape index (κ2) is 9.03. The van der Waals surface area contributed by atoms with Crippen molar-refractivity contribution in [2.45, 2.75) is 19.5 Å². The molecule has 0 bridgehead atoms. The smallest absolute Gasteiger partial charge is 0.296 e. The summed E-state index contributed by atoms with van der Waals surface area (Å²) in [5, 5.41) is 11.5. The van der Waals surface area contributed by atoms with Crippen molar-refractivity contribution in [1.82, 2.24) is 4.90 Å². The number of aliphatic hydroxyl groups is 1. The number of ketones is 1. The Kier molecular flexibility index (Phi) is 6.16. The number of benzene rings is 2. The first-order valence-electron chi connectivity index (χ1n) is 10.1. The van der Waals surface area contributed by atoms with Gasteiger partial charge in [-0.3, -0.25) is 9.59 Å². The molecule has 170 valence electrons. The quantitative estimate of drug-likeness (QED) is 0.316. The number of furan rings is 1. The highest BCUT2D eigenvalue weighted by Gasteiger charge is 2.46. The molecule has 1 aliphatic heterocycles. The Hall–Kier alpha value is -3.71. The van der Waals surface area contributed by atoms with Crippen molar-refractivity contribution in [1.29, 1.82) is 0 Å². The number of amides is 1. The Bertz CT molecular complexity index is 1250. The van der Waals surface area contributed by atoms with Gasteiger partial charge in [0, 0.05) is 6.07 Å². The summed E-state index contributed by atoms with van der Waals surface area (Å²) in [5.74, 6) is -0.826. The average Bonchev–Trinajstić information content (AvgIpc) is 3.41. The van der Waals surface area contributed by atoms with Gasteiger partial charge in [-0.25, -0.2) is 0 Å². The number of hydrogen-bond acceptors (Lipinski definition) is 6. The van der Waals surface area contributed by atoms with Gasteiger partial charge in [0.2, 0.25) is 0 Å². The number of hydrogen-bond donors (Lipinski definition) is 1. The molecule has 0 aliphatic carbocycles.